The van der Waals surface area contributed by atoms with Gasteiger partial charge in [-0.15, -0.1) is 0 Å². The minimum atomic E-state index is -0.634. The highest BCUT2D eigenvalue weighted by Gasteiger charge is 2.03. The van der Waals surface area contributed by atoms with Crippen LogP contribution in [0.1, 0.15) is 15.9 Å². The second kappa shape index (κ2) is 4.23. The number of nitrogens with two attached hydrogens (primary N) is 1. The van der Waals surface area contributed by atoms with Crippen molar-refractivity contribution in [3.8, 4) is 5.75 Å². The molecule has 0 fully saturated rings. The van der Waals surface area contributed by atoms with Crippen LogP contribution in [-0.4, -0.2) is 17.3 Å². The van der Waals surface area contributed by atoms with E-state index in [9.17, 15) is 14.7 Å². The van der Waals surface area contributed by atoms with Gasteiger partial charge in [0.15, 0.2) is 6.29 Å². The van der Waals surface area contributed by atoms with Crippen LogP contribution in [0.25, 0.3) is 6.08 Å². The lowest BCUT2D eigenvalue weighted by atomic mass is 10.1. The Morgan fingerprint density at radius 3 is 2.71 bits per heavy atom. The molecule has 0 aliphatic carbocycles. The number of hydrogen-bond donors (Lipinski definition) is 2. The molecule has 0 aliphatic rings. The van der Waals surface area contributed by atoms with Crippen LogP contribution in [0.15, 0.2) is 24.3 Å². The monoisotopic (exact) mass is 191 g/mol. The van der Waals surface area contributed by atoms with Crippen LogP contribution in [0.5, 0.6) is 5.75 Å². The molecule has 0 radical (unpaired) electrons. The van der Waals surface area contributed by atoms with E-state index in [1.54, 1.807) is 6.07 Å². The van der Waals surface area contributed by atoms with Crippen LogP contribution in [0.2, 0.25) is 0 Å². The molecule has 0 bridgehead atoms. The fourth-order valence-corrected chi connectivity index (χ4v) is 1.02. The first-order valence-electron chi connectivity index (χ1n) is 3.90. The van der Waals surface area contributed by atoms with Crippen molar-refractivity contribution in [2.75, 3.05) is 0 Å². The first kappa shape index (κ1) is 9.98. The molecule has 0 saturated heterocycles. The van der Waals surface area contributed by atoms with E-state index >= 15 is 0 Å². The topological polar surface area (TPSA) is 80.4 Å². The number of amides is 1. The average Bonchev–Trinajstić information content (AvgIpc) is 2.15. The first-order chi connectivity index (χ1) is 6.65. The SMILES string of the molecule is NC(=O)C=Cc1c(O)cccc1C=O. The van der Waals surface area contributed by atoms with Gasteiger partial charge in [-0.2, -0.15) is 0 Å². The highest BCUT2D eigenvalue weighted by atomic mass is 16.3. The van der Waals surface area contributed by atoms with Crippen LogP contribution < -0.4 is 5.73 Å². The van der Waals surface area contributed by atoms with Crippen LogP contribution in [0.4, 0.5) is 0 Å². The molecule has 1 amide bonds. The largest absolute Gasteiger partial charge is 0.507 e. The van der Waals surface area contributed by atoms with Gasteiger partial charge in [0.25, 0.3) is 0 Å². The second-order valence-corrected chi connectivity index (χ2v) is 2.63. The number of carbonyl (C=O) groups excluding carboxylic acids is 2. The van der Waals surface area contributed by atoms with Crippen molar-refractivity contribution in [2.24, 2.45) is 5.73 Å². The molecule has 0 atom stereocenters. The lowest BCUT2D eigenvalue weighted by molar-refractivity contribution is -0.113. The van der Waals surface area contributed by atoms with Crippen molar-refractivity contribution < 1.29 is 14.7 Å². The van der Waals surface area contributed by atoms with E-state index in [0.29, 0.717) is 17.4 Å². The number of aromatic hydroxyl groups is 1. The van der Waals surface area contributed by atoms with Crippen LogP contribution in [0, 0.1) is 0 Å². The molecule has 72 valence electrons. The molecule has 0 saturated carbocycles. The summed E-state index contributed by atoms with van der Waals surface area (Å²) in [7, 11) is 0. The molecule has 1 rings (SSSR count). The summed E-state index contributed by atoms with van der Waals surface area (Å²) in [6.07, 6.45) is 2.99. The quantitative estimate of drug-likeness (QED) is 0.545. The molecule has 0 aliphatic heterocycles. The fraction of sp³-hybridized carbons (Fsp3) is 0. The Morgan fingerprint density at radius 2 is 2.14 bits per heavy atom. The number of aldehydes is 1. The molecule has 0 spiro atoms. The Kier molecular flexibility index (Phi) is 3.01. The number of benzene rings is 1. The molecule has 0 unspecified atom stereocenters. The van der Waals surface area contributed by atoms with Crippen molar-refractivity contribution in [3.63, 3.8) is 0 Å². The van der Waals surface area contributed by atoms with Gasteiger partial charge in [0.2, 0.25) is 5.91 Å². The van der Waals surface area contributed by atoms with Crippen LogP contribution in [-0.2, 0) is 4.79 Å². The Morgan fingerprint density at radius 1 is 1.43 bits per heavy atom. The van der Waals surface area contributed by atoms with E-state index in [1.165, 1.54) is 18.2 Å². The van der Waals surface area contributed by atoms with Crippen molar-refractivity contribution in [2.45, 2.75) is 0 Å². The summed E-state index contributed by atoms with van der Waals surface area (Å²) in [5.41, 5.74) is 5.49. The molecular weight excluding hydrogens is 182 g/mol. The maximum absolute atomic E-state index is 10.6. The van der Waals surface area contributed by atoms with E-state index in [1.807, 2.05) is 0 Å². The first-order valence-corrected chi connectivity index (χ1v) is 3.90. The van der Waals surface area contributed by atoms with E-state index in [2.05, 4.69) is 0 Å². The van der Waals surface area contributed by atoms with Crippen molar-refractivity contribution >= 4 is 18.3 Å². The number of phenolic OH excluding ortho intramolecular Hbond substituents is 1. The maximum atomic E-state index is 10.6. The van der Waals surface area contributed by atoms with Crippen LogP contribution in [0.3, 0.4) is 0 Å². The molecule has 0 heterocycles. The third kappa shape index (κ3) is 2.20. The maximum Gasteiger partial charge on any atom is 0.241 e. The zero-order valence-corrected chi connectivity index (χ0v) is 7.31. The van der Waals surface area contributed by atoms with E-state index in [-0.39, 0.29) is 5.75 Å². The highest BCUT2D eigenvalue weighted by molar-refractivity contribution is 5.93. The molecule has 4 heteroatoms. The van der Waals surface area contributed by atoms with Gasteiger partial charge in [0.05, 0.1) is 0 Å². The van der Waals surface area contributed by atoms with Crippen molar-refractivity contribution in [1.82, 2.24) is 0 Å². The summed E-state index contributed by atoms with van der Waals surface area (Å²) in [6.45, 7) is 0. The summed E-state index contributed by atoms with van der Waals surface area (Å²) < 4.78 is 0. The summed E-state index contributed by atoms with van der Waals surface area (Å²) >= 11 is 0. The lowest BCUT2D eigenvalue weighted by Gasteiger charge is -2.00. The third-order valence-corrected chi connectivity index (χ3v) is 1.66. The zero-order valence-electron chi connectivity index (χ0n) is 7.31. The van der Waals surface area contributed by atoms with Gasteiger partial charge in [0, 0.05) is 17.2 Å². The third-order valence-electron chi connectivity index (χ3n) is 1.66. The number of carbonyl (C=O) groups is 2. The summed E-state index contributed by atoms with van der Waals surface area (Å²) in [5, 5.41) is 9.37. The van der Waals surface area contributed by atoms with Crippen molar-refractivity contribution in [1.29, 1.82) is 0 Å². The van der Waals surface area contributed by atoms with E-state index in [4.69, 9.17) is 5.73 Å². The van der Waals surface area contributed by atoms with Gasteiger partial charge in [0.1, 0.15) is 5.75 Å². The molecule has 1 aromatic rings. The summed E-state index contributed by atoms with van der Waals surface area (Å²) in [6, 6.07) is 4.50. The predicted octanol–water partition coefficient (Wildman–Crippen LogP) is 0.703. The molecule has 3 N–H and O–H groups in total. The summed E-state index contributed by atoms with van der Waals surface area (Å²) in [5.74, 6) is -0.697. The Balaban J connectivity index is 3.17. The highest BCUT2D eigenvalue weighted by Crippen LogP contribution is 2.21. The average molecular weight is 191 g/mol. The zero-order chi connectivity index (χ0) is 10.6. The predicted molar refractivity (Wildman–Crippen MR) is 51.7 cm³/mol. The fourth-order valence-electron chi connectivity index (χ4n) is 1.02. The molecular formula is C10H9NO3. The smallest absolute Gasteiger partial charge is 0.241 e. The minimum Gasteiger partial charge on any atom is -0.507 e. The van der Waals surface area contributed by atoms with Gasteiger partial charge >= 0.3 is 0 Å². The molecule has 0 aromatic heterocycles. The van der Waals surface area contributed by atoms with E-state index < -0.39 is 5.91 Å². The second-order valence-electron chi connectivity index (χ2n) is 2.63. The molecule has 4 nitrogen and oxygen atoms in total. The Bertz CT molecular complexity index is 396. The minimum absolute atomic E-state index is 0.0629. The molecule has 1 aromatic carbocycles. The van der Waals surface area contributed by atoms with E-state index in [0.717, 1.165) is 6.08 Å². The Labute approximate surface area is 80.7 Å². The van der Waals surface area contributed by atoms with Gasteiger partial charge < -0.3 is 10.8 Å². The summed E-state index contributed by atoms with van der Waals surface area (Å²) in [4.78, 5) is 21.0. The molecule has 14 heavy (non-hydrogen) atoms. The van der Waals surface area contributed by atoms with Crippen molar-refractivity contribution in [3.05, 3.63) is 35.4 Å². The number of hydrogen-bond acceptors (Lipinski definition) is 3. The normalized spacial score (nSPS) is 10.3. The van der Waals surface area contributed by atoms with Crippen LogP contribution >= 0.6 is 0 Å². The number of primary amides is 1. The lowest BCUT2D eigenvalue weighted by Crippen LogP contribution is -2.05. The number of rotatable bonds is 3. The van der Waals surface area contributed by atoms with Gasteiger partial charge in [-0.3, -0.25) is 9.59 Å². The number of phenols is 1. The van der Waals surface area contributed by atoms with Gasteiger partial charge in [-0.25, -0.2) is 0 Å². The van der Waals surface area contributed by atoms with Gasteiger partial charge in [-0.05, 0) is 12.1 Å². The standard InChI is InChI=1S/C10H9NO3/c11-10(14)5-4-8-7(6-12)2-1-3-9(8)13/h1-6,13H,(H2,11,14). The van der Waals surface area contributed by atoms with Gasteiger partial charge in [-0.1, -0.05) is 12.1 Å². The Hall–Kier alpha value is -2.10.